The monoisotopic (exact) mass is 359 g/mol. The van der Waals surface area contributed by atoms with Crippen LogP contribution in [-0.2, 0) is 12.7 Å². The van der Waals surface area contributed by atoms with Crippen LogP contribution in [0.1, 0.15) is 16.7 Å². The molecular formula is C18H16F3N5. The quantitative estimate of drug-likeness (QED) is 0.699. The number of aryl methyl sites for hydroxylation is 1. The maximum absolute atomic E-state index is 13.1. The van der Waals surface area contributed by atoms with Crippen LogP contribution in [0.5, 0.6) is 0 Å². The van der Waals surface area contributed by atoms with E-state index >= 15 is 0 Å². The molecule has 8 heteroatoms. The van der Waals surface area contributed by atoms with Gasteiger partial charge in [0.2, 0.25) is 5.95 Å². The summed E-state index contributed by atoms with van der Waals surface area (Å²) < 4.78 is 39.2. The second-order valence-electron chi connectivity index (χ2n) is 5.68. The Morgan fingerprint density at radius 2 is 1.85 bits per heavy atom. The van der Waals surface area contributed by atoms with Gasteiger partial charge in [0.1, 0.15) is 0 Å². The van der Waals surface area contributed by atoms with Gasteiger partial charge in [-0.15, -0.1) is 5.10 Å². The van der Waals surface area contributed by atoms with Crippen LogP contribution < -0.4 is 10.6 Å². The van der Waals surface area contributed by atoms with E-state index in [4.69, 9.17) is 0 Å². The summed E-state index contributed by atoms with van der Waals surface area (Å²) in [4.78, 5) is 4.17. The molecule has 0 spiro atoms. The molecule has 2 N–H and O–H groups in total. The first-order valence-corrected chi connectivity index (χ1v) is 7.84. The third kappa shape index (κ3) is 4.47. The first-order valence-electron chi connectivity index (χ1n) is 7.84. The fourth-order valence-electron chi connectivity index (χ4n) is 2.42. The molecule has 1 aromatic heterocycles. The van der Waals surface area contributed by atoms with Crippen molar-refractivity contribution in [2.75, 3.05) is 10.6 Å². The van der Waals surface area contributed by atoms with Crippen LogP contribution in [0.25, 0.3) is 0 Å². The second-order valence-corrected chi connectivity index (χ2v) is 5.68. The summed E-state index contributed by atoms with van der Waals surface area (Å²) in [6, 6.07) is 13.1. The van der Waals surface area contributed by atoms with Crippen molar-refractivity contribution >= 4 is 17.5 Å². The predicted octanol–water partition coefficient (Wildman–Crippen LogP) is 4.55. The Hall–Kier alpha value is -3.16. The lowest BCUT2D eigenvalue weighted by Crippen LogP contribution is -2.10. The van der Waals surface area contributed by atoms with Gasteiger partial charge in [0.05, 0.1) is 17.4 Å². The van der Waals surface area contributed by atoms with E-state index in [0.29, 0.717) is 6.54 Å². The highest BCUT2D eigenvalue weighted by atomic mass is 19.4. The van der Waals surface area contributed by atoms with Crippen LogP contribution in [0, 0.1) is 6.92 Å². The molecule has 3 rings (SSSR count). The summed E-state index contributed by atoms with van der Waals surface area (Å²) in [6.07, 6.45) is -3.19. The molecule has 134 valence electrons. The largest absolute Gasteiger partial charge is 0.418 e. The molecule has 5 nitrogen and oxygen atoms in total. The van der Waals surface area contributed by atoms with E-state index in [-0.39, 0.29) is 17.5 Å². The lowest BCUT2D eigenvalue weighted by molar-refractivity contribution is -0.136. The predicted molar refractivity (Wildman–Crippen MR) is 93.1 cm³/mol. The van der Waals surface area contributed by atoms with Gasteiger partial charge in [-0.3, -0.25) is 0 Å². The van der Waals surface area contributed by atoms with Crippen molar-refractivity contribution in [3.05, 3.63) is 71.4 Å². The number of aromatic nitrogens is 3. The fourth-order valence-corrected chi connectivity index (χ4v) is 2.42. The van der Waals surface area contributed by atoms with Gasteiger partial charge < -0.3 is 10.6 Å². The van der Waals surface area contributed by atoms with Crippen molar-refractivity contribution in [2.45, 2.75) is 19.6 Å². The molecule has 0 aliphatic rings. The van der Waals surface area contributed by atoms with Gasteiger partial charge in [0, 0.05) is 6.54 Å². The Balaban J connectivity index is 1.74. The number of hydrogen-bond acceptors (Lipinski definition) is 5. The Labute approximate surface area is 148 Å². The van der Waals surface area contributed by atoms with Crippen LogP contribution in [0.15, 0.2) is 54.7 Å². The van der Waals surface area contributed by atoms with Crippen molar-refractivity contribution in [1.82, 2.24) is 15.2 Å². The SMILES string of the molecule is Cc1cccc(CNc2nncc(Nc3ccccc3C(F)(F)F)n2)c1. The molecular weight excluding hydrogens is 343 g/mol. The Morgan fingerprint density at radius 3 is 2.62 bits per heavy atom. The van der Waals surface area contributed by atoms with Gasteiger partial charge in [-0.1, -0.05) is 42.0 Å². The minimum Gasteiger partial charge on any atom is -0.349 e. The number of benzene rings is 2. The number of anilines is 3. The summed E-state index contributed by atoms with van der Waals surface area (Å²) in [6.45, 7) is 2.47. The van der Waals surface area contributed by atoms with Crippen LogP contribution >= 0.6 is 0 Å². The normalized spacial score (nSPS) is 11.2. The van der Waals surface area contributed by atoms with Crippen LogP contribution in [0.4, 0.5) is 30.6 Å². The zero-order chi connectivity index (χ0) is 18.6. The highest BCUT2D eigenvalue weighted by Gasteiger charge is 2.33. The smallest absolute Gasteiger partial charge is 0.349 e. The topological polar surface area (TPSA) is 62.7 Å². The number of halogens is 3. The van der Waals surface area contributed by atoms with Gasteiger partial charge in [-0.05, 0) is 24.6 Å². The van der Waals surface area contributed by atoms with Crippen LogP contribution in [0.3, 0.4) is 0 Å². The van der Waals surface area contributed by atoms with Gasteiger partial charge in [-0.2, -0.15) is 23.3 Å². The maximum Gasteiger partial charge on any atom is 0.418 e. The number of hydrogen-bond donors (Lipinski definition) is 2. The molecule has 3 aromatic rings. The first kappa shape index (κ1) is 17.7. The Morgan fingerprint density at radius 1 is 1.04 bits per heavy atom. The number of alkyl halides is 3. The summed E-state index contributed by atoms with van der Waals surface area (Å²) in [5.41, 5.74) is 1.30. The van der Waals surface area contributed by atoms with Crippen molar-refractivity contribution < 1.29 is 13.2 Å². The molecule has 0 amide bonds. The molecule has 0 unspecified atom stereocenters. The highest BCUT2D eigenvalue weighted by molar-refractivity contribution is 5.61. The van der Waals surface area contributed by atoms with Crippen LogP contribution in [-0.4, -0.2) is 15.2 Å². The lowest BCUT2D eigenvalue weighted by atomic mass is 10.1. The number of para-hydroxylation sites is 1. The average molecular weight is 359 g/mol. The summed E-state index contributed by atoms with van der Waals surface area (Å²) >= 11 is 0. The van der Waals surface area contributed by atoms with E-state index in [1.54, 1.807) is 0 Å². The van der Waals surface area contributed by atoms with E-state index in [9.17, 15) is 13.2 Å². The van der Waals surface area contributed by atoms with Gasteiger partial charge in [0.25, 0.3) is 0 Å². The van der Waals surface area contributed by atoms with Gasteiger partial charge in [0.15, 0.2) is 5.82 Å². The number of nitrogens with zero attached hydrogens (tertiary/aromatic N) is 3. The minimum absolute atomic E-state index is 0.0925. The van der Waals surface area contributed by atoms with E-state index in [1.807, 2.05) is 31.2 Å². The van der Waals surface area contributed by atoms with Crippen molar-refractivity contribution in [3.8, 4) is 0 Å². The van der Waals surface area contributed by atoms with E-state index in [0.717, 1.165) is 17.2 Å². The molecule has 0 aliphatic carbocycles. The van der Waals surface area contributed by atoms with Gasteiger partial charge >= 0.3 is 6.18 Å². The zero-order valence-electron chi connectivity index (χ0n) is 13.9. The fraction of sp³-hybridized carbons (Fsp3) is 0.167. The second kappa shape index (κ2) is 7.38. The van der Waals surface area contributed by atoms with E-state index in [1.165, 1.54) is 24.4 Å². The van der Waals surface area contributed by atoms with Crippen molar-refractivity contribution in [3.63, 3.8) is 0 Å². The van der Waals surface area contributed by atoms with Crippen LogP contribution in [0.2, 0.25) is 0 Å². The zero-order valence-corrected chi connectivity index (χ0v) is 13.9. The third-order valence-electron chi connectivity index (χ3n) is 3.59. The summed E-state index contributed by atoms with van der Waals surface area (Å²) in [5.74, 6) is 0.393. The standard InChI is InChI=1S/C18H16F3N5/c1-12-5-4-6-13(9-12)10-22-17-25-16(11-23-26-17)24-15-8-3-2-7-14(15)18(19,20)21/h2-9,11H,10H2,1H3,(H2,22,24,25,26). The average Bonchev–Trinajstić information content (AvgIpc) is 2.60. The first-order chi connectivity index (χ1) is 12.4. The number of rotatable bonds is 5. The summed E-state index contributed by atoms with van der Waals surface area (Å²) in [5, 5.41) is 13.3. The lowest BCUT2D eigenvalue weighted by Gasteiger charge is -2.14. The van der Waals surface area contributed by atoms with Gasteiger partial charge in [-0.25, -0.2) is 0 Å². The summed E-state index contributed by atoms with van der Waals surface area (Å²) in [7, 11) is 0. The molecule has 0 saturated carbocycles. The number of nitrogens with one attached hydrogen (secondary N) is 2. The van der Waals surface area contributed by atoms with Crippen molar-refractivity contribution in [2.24, 2.45) is 0 Å². The minimum atomic E-state index is -4.46. The van der Waals surface area contributed by atoms with E-state index in [2.05, 4.69) is 25.8 Å². The molecule has 0 bridgehead atoms. The molecule has 1 heterocycles. The van der Waals surface area contributed by atoms with E-state index < -0.39 is 11.7 Å². The Kier molecular flexibility index (Phi) is 5.01. The molecule has 0 aliphatic heterocycles. The third-order valence-corrected chi connectivity index (χ3v) is 3.59. The molecule has 0 fully saturated rings. The van der Waals surface area contributed by atoms with Crippen molar-refractivity contribution in [1.29, 1.82) is 0 Å². The molecule has 26 heavy (non-hydrogen) atoms. The highest BCUT2D eigenvalue weighted by Crippen LogP contribution is 2.35. The Bertz CT molecular complexity index is 896. The molecule has 0 atom stereocenters. The molecule has 0 radical (unpaired) electrons. The molecule has 0 saturated heterocycles. The molecule has 2 aromatic carbocycles. The maximum atomic E-state index is 13.1.